The zero-order chi connectivity index (χ0) is 20.2. The third-order valence-corrected chi connectivity index (χ3v) is 4.99. The Bertz CT molecular complexity index is 1180. The molecule has 0 aliphatic carbocycles. The number of hydrogen-bond acceptors (Lipinski definition) is 7. The highest BCUT2D eigenvalue weighted by Crippen LogP contribution is 2.29. The number of carbonyl (C=O) groups excluding carboxylic acids is 1. The molecule has 0 unspecified atom stereocenters. The number of hydrogen-bond donors (Lipinski definition) is 1. The molecule has 146 valence electrons. The number of rotatable bonds is 6. The Morgan fingerprint density at radius 3 is 3.00 bits per heavy atom. The lowest BCUT2D eigenvalue weighted by Crippen LogP contribution is -2.20. The number of pyridine rings is 1. The number of amides is 1. The molecule has 1 amide bonds. The fraction of sp³-hybridized carbons (Fsp3) is 0.105. The third-order valence-electron chi connectivity index (χ3n) is 4.04. The van der Waals surface area contributed by atoms with E-state index in [0.717, 1.165) is 11.1 Å². The van der Waals surface area contributed by atoms with E-state index < -0.39 is 0 Å². The van der Waals surface area contributed by atoms with E-state index in [0.29, 0.717) is 27.1 Å². The lowest BCUT2D eigenvalue weighted by atomic mass is 10.2. The van der Waals surface area contributed by atoms with E-state index in [4.69, 9.17) is 16.3 Å². The van der Waals surface area contributed by atoms with Gasteiger partial charge in [0.05, 0.1) is 10.7 Å². The fourth-order valence-corrected chi connectivity index (χ4v) is 3.40. The van der Waals surface area contributed by atoms with E-state index in [-0.39, 0.29) is 12.5 Å². The summed E-state index contributed by atoms with van der Waals surface area (Å²) in [6, 6.07) is 14.3. The Morgan fingerprint density at radius 1 is 1.24 bits per heavy atom. The van der Waals surface area contributed by atoms with E-state index in [1.807, 2.05) is 24.5 Å². The summed E-state index contributed by atoms with van der Waals surface area (Å²) in [7, 11) is 0. The summed E-state index contributed by atoms with van der Waals surface area (Å²) in [5.74, 6) is 0.190. The predicted octanol–water partition coefficient (Wildman–Crippen LogP) is 3.60. The number of benzene rings is 2. The normalized spacial score (nSPS) is 10.8. The van der Waals surface area contributed by atoms with Crippen LogP contribution in [0.25, 0.3) is 16.6 Å². The first-order valence-electron chi connectivity index (χ1n) is 8.54. The minimum atomic E-state index is -0.303. The Kier molecular flexibility index (Phi) is 5.59. The number of ether oxygens (including phenoxy) is 1. The molecule has 4 aromatic rings. The molecule has 0 aliphatic heterocycles. The van der Waals surface area contributed by atoms with Gasteiger partial charge in [0.25, 0.3) is 5.91 Å². The Morgan fingerprint density at radius 2 is 2.14 bits per heavy atom. The molecule has 0 atom stereocenters. The molecule has 29 heavy (non-hydrogen) atoms. The van der Waals surface area contributed by atoms with Gasteiger partial charge >= 0.3 is 0 Å². The summed E-state index contributed by atoms with van der Waals surface area (Å²) in [4.78, 5) is 16.7. The summed E-state index contributed by atoms with van der Waals surface area (Å²) < 4.78 is 7.27. The maximum absolute atomic E-state index is 12.4. The maximum atomic E-state index is 12.4. The summed E-state index contributed by atoms with van der Waals surface area (Å²) in [6.07, 6.45) is 3.54. The van der Waals surface area contributed by atoms with Gasteiger partial charge in [-0.25, -0.2) is 0 Å². The lowest BCUT2D eigenvalue weighted by molar-refractivity contribution is -0.118. The molecule has 10 heteroatoms. The van der Waals surface area contributed by atoms with E-state index in [9.17, 15) is 4.79 Å². The Balaban J connectivity index is 1.46. The second kappa shape index (κ2) is 8.46. The molecule has 8 nitrogen and oxygen atoms in total. The molecular weight excluding hydrogens is 412 g/mol. The first-order valence-corrected chi connectivity index (χ1v) is 10.1. The number of aromatic nitrogens is 5. The van der Waals surface area contributed by atoms with Crippen molar-refractivity contribution < 1.29 is 9.53 Å². The van der Waals surface area contributed by atoms with Gasteiger partial charge in [-0.05, 0) is 59.1 Å². The zero-order valence-corrected chi connectivity index (χ0v) is 16.8. The van der Waals surface area contributed by atoms with Crippen LogP contribution < -0.4 is 10.1 Å². The molecule has 0 saturated carbocycles. The number of halogens is 1. The maximum Gasteiger partial charge on any atom is 0.262 e. The average molecular weight is 427 g/mol. The van der Waals surface area contributed by atoms with Crippen LogP contribution in [0.4, 0.5) is 5.69 Å². The monoisotopic (exact) mass is 426 g/mol. The zero-order valence-electron chi connectivity index (χ0n) is 15.2. The van der Waals surface area contributed by atoms with Crippen LogP contribution in [0.1, 0.15) is 0 Å². The second-order valence-electron chi connectivity index (χ2n) is 5.91. The molecular formula is C19H15ClN6O2S. The topological polar surface area (TPSA) is 94.8 Å². The molecule has 0 spiro atoms. The van der Waals surface area contributed by atoms with Crippen LogP contribution in [-0.4, -0.2) is 44.0 Å². The van der Waals surface area contributed by atoms with E-state index >= 15 is 0 Å². The second-order valence-corrected chi connectivity index (χ2v) is 7.09. The van der Waals surface area contributed by atoms with Gasteiger partial charge in [-0.3, -0.25) is 9.78 Å². The smallest absolute Gasteiger partial charge is 0.262 e. The number of nitrogens with zero attached hydrogens (tertiary/aromatic N) is 5. The Labute approximate surface area is 175 Å². The number of anilines is 1. The van der Waals surface area contributed by atoms with Crippen molar-refractivity contribution in [2.45, 2.75) is 5.16 Å². The molecule has 0 bridgehead atoms. The standard InChI is InChI=1S/C19H15ClN6O2S/c1-29-19-23-24-25-26(19)13-5-2-4-12(10-13)22-17(27)11-28-16-8-7-15(20)14-6-3-9-21-18(14)16/h2-10H,11H2,1H3,(H,22,27). The van der Waals surface area contributed by atoms with Crippen LogP contribution in [-0.2, 0) is 4.79 Å². The number of carbonyl (C=O) groups is 1. The van der Waals surface area contributed by atoms with Crippen LogP contribution in [0.3, 0.4) is 0 Å². The molecule has 0 radical (unpaired) electrons. The van der Waals surface area contributed by atoms with Gasteiger partial charge in [-0.1, -0.05) is 29.4 Å². The summed E-state index contributed by atoms with van der Waals surface area (Å²) in [5, 5.41) is 16.4. The third kappa shape index (κ3) is 4.15. The van der Waals surface area contributed by atoms with Crippen molar-refractivity contribution in [2.24, 2.45) is 0 Å². The van der Waals surface area contributed by atoms with Crippen molar-refractivity contribution >= 4 is 45.9 Å². The van der Waals surface area contributed by atoms with Gasteiger partial charge in [0.2, 0.25) is 5.16 Å². The van der Waals surface area contributed by atoms with Crippen molar-refractivity contribution in [3.63, 3.8) is 0 Å². The molecule has 1 N–H and O–H groups in total. The number of nitrogens with one attached hydrogen (secondary N) is 1. The van der Waals surface area contributed by atoms with Crippen molar-refractivity contribution in [3.05, 3.63) is 59.8 Å². The first kappa shape index (κ1) is 19.2. The van der Waals surface area contributed by atoms with E-state index in [1.54, 1.807) is 41.2 Å². The van der Waals surface area contributed by atoms with Crippen LogP contribution in [0.15, 0.2) is 59.9 Å². The van der Waals surface area contributed by atoms with Crippen molar-refractivity contribution in [1.29, 1.82) is 0 Å². The van der Waals surface area contributed by atoms with Gasteiger partial charge < -0.3 is 10.1 Å². The number of thioether (sulfide) groups is 1. The van der Waals surface area contributed by atoms with Crippen LogP contribution in [0, 0.1) is 0 Å². The fourth-order valence-electron chi connectivity index (χ4n) is 2.75. The van der Waals surface area contributed by atoms with Gasteiger partial charge in [0.1, 0.15) is 11.3 Å². The average Bonchev–Trinajstić information content (AvgIpc) is 3.23. The van der Waals surface area contributed by atoms with Crippen molar-refractivity contribution in [2.75, 3.05) is 18.2 Å². The summed E-state index contributed by atoms with van der Waals surface area (Å²) in [5.41, 5.74) is 1.96. The van der Waals surface area contributed by atoms with Gasteiger partial charge in [0.15, 0.2) is 6.61 Å². The molecule has 0 aliphatic rings. The Hall–Kier alpha value is -3.17. The molecule has 0 fully saturated rings. The highest BCUT2D eigenvalue weighted by atomic mass is 35.5. The predicted molar refractivity (Wildman–Crippen MR) is 112 cm³/mol. The minimum Gasteiger partial charge on any atom is -0.481 e. The molecule has 4 rings (SSSR count). The summed E-state index contributed by atoms with van der Waals surface area (Å²) >= 11 is 7.61. The first-order chi connectivity index (χ1) is 14.2. The molecule has 2 aromatic heterocycles. The molecule has 2 aromatic carbocycles. The van der Waals surface area contributed by atoms with E-state index in [1.165, 1.54) is 11.8 Å². The van der Waals surface area contributed by atoms with Crippen LogP contribution in [0.5, 0.6) is 5.75 Å². The molecule has 2 heterocycles. The lowest BCUT2D eigenvalue weighted by Gasteiger charge is -2.11. The number of tetrazole rings is 1. The minimum absolute atomic E-state index is 0.168. The van der Waals surface area contributed by atoms with Gasteiger partial charge in [-0.15, -0.1) is 5.10 Å². The summed E-state index contributed by atoms with van der Waals surface area (Å²) in [6.45, 7) is -0.168. The van der Waals surface area contributed by atoms with Crippen molar-refractivity contribution in [1.82, 2.24) is 25.2 Å². The van der Waals surface area contributed by atoms with Crippen LogP contribution in [0.2, 0.25) is 5.02 Å². The highest BCUT2D eigenvalue weighted by Gasteiger charge is 2.11. The van der Waals surface area contributed by atoms with Crippen molar-refractivity contribution in [3.8, 4) is 11.4 Å². The SMILES string of the molecule is CSc1nnnn1-c1cccc(NC(=O)COc2ccc(Cl)c3cccnc23)c1. The van der Waals surface area contributed by atoms with E-state index in [2.05, 4.69) is 25.8 Å². The highest BCUT2D eigenvalue weighted by molar-refractivity contribution is 7.98. The van der Waals surface area contributed by atoms with Gasteiger partial charge in [0, 0.05) is 17.3 Å². The molecule has 0 saturated heterocycles. The largest absolute Gasteiger partial charge is 0.481 e. The van der Waals surface area contributed by atoms with Crippen LogP contribution >= 0.6 is 23.4 Å². The van der Waals surface area contributed by atoms with Gasteiger partial charge in [-0.2, -0.15) is 4.68 Å². The number of fused-ring (bicyclic) bond motifs is 1. The quantitative estimate of drug-likeness (QED) is 0.470.